The van der Waals surface area contributed by atoms with Gasteiger partial charge in [0.1, 0.15) is 17.3 Å². The molecule has 0 spiro atoms. The number of carbonyl (C=O) groups excluding carboxylic acids is 1. The average molecular weight is 370 g/mol. The fourth-order valence-electron chi connectivity index (χ4n) is 2.75. The van der Waals surface area contributed by atoms with Gasteiger partial charge < -0.3 is 25.8 Å². The third-order valence-corrected chi connectivity index (χ3v) is 4.24. The van der Waals surface area contributed by atoms with Gasteiger partial charge >= 0.3 is 0 Å². The Kier molecular flexibility index (Phi) is 6.65. The average Bonchev–Trinajstić information content (AvgIpc) is 2.66. The largest absolute Gasteiger partial charge is 0.496 e. The summed E-state index contributed by atoms with van der Waals surface area (Å²) in [6.45, 7) is 4.90. The Morgan fingerprint density at radius 3 is 2.26 bits per heavy atom. The number of rotatable bonds is 8. The van der Waals surface area contributed by atoms with Crippen LogP contribution in [0.2, 0.25) is 0 Å². The lowest BCUT2D eigenvalue weighted by molar-refractivity contribution is 0.0950. The van der Waals surface area contributed by atoms with Crippen molar-refractivity contribution in [2.45, 2.75) is 20.4 Å². The maximum atomic E-state index is 12.6. The van der Waals surface area contributed by atoms with Crippen molar-refractivity contribution >= 4 is 17.4 Å². The second-order valence-electron chi connectivity index (χ2n) is 6.00. The van der Waals surface area contributed by atoms with Crippen molar-refractivity contribution in [3.63, 3.8) is 0 Å². The van der Waals surface area contributed by atoms with Gasteiger partial charge in [-0.1, -0.05) is 12.1 Å². The molecule has 0 fully saturated rings. The van der Waals surface area contributed by atoms with E-state index in [0.29, 0.717) is 35.7 Å². The Labute approximate surface area is 159 Å². The molecule has 0 aliphatic carbocycles. The molecular weight excluding hydrogens is 344 g/mol. The topological polar surface area (TPSA) is 109 Å². The molecule has 2 rings (SSSR count). The van der Waals surface area contributed by atoms with Gasteiger partial charge in [0, 0.05) is 35.5 Å². The number of hydrogen-bond acceptors (Lipinski definition) is 5. The molecular formula is C20H26N4O3. The number of amides is 1. The minimum Gasteiger partial charge on any atom is -0.496 e. The van der Waals surface area contributed by atoms with Crippen LogP contribution in [0.25, 0.3) is 0 Å². The summed E-state index contributed by atoms with van der Waals surface area (Å²) >= 11 is 0. The molecule has 0 bridgehead atoms. The van der Waals surface area contributed by atoms with Gasteiger partial charge in [-0.15, -0.1) is 0 Å². The van der Waals surface area contributed by atoms with E-state index in [2.05, 4.69) is 10.6 Å². The lowest BCUT2D eigenvalue weighted by Gasteiger charge is -2.15. The molecule has 0 atom stereocenters. The standard InChI is InChI=1S/C20H26N4O3/c1-5-23-16-8-13(19(21)22)6-7-14(16)11-24-20(25)15-9-17(26-3)12(2)18(10-15)27-4/h6-10,23H,5,11H2,1-4H3,(H3,21,22)(H,24,25). The third kappa shape index (κ3) is 4.69. The molecule has 5 N–H and O–H groups in total. The zero-order valence-electron chi connectivity index (χ0n) is 16.1. The third-order valence-electron chi connectivity index (χ3n) is 4.24. The smallest absolute Gasteiger partial charge is 0.251 e. The Morgan fingerprint density at radius 2 is 1.74 bits per heavy atom. The van der Waals surface area contributed by atoms with Crippen LogP contribution in [0.5, 0.6) is 11.5 Å². The van der Waals surface area contributed by atoms with Crippen LogP contribution in [0, 0.1) is 12.3 Å². The lowest BCUT2D eigenvalue weighted by Crippen LogP contribution is -2.24. The van der Waals surface area contributed by atoms with E-state index in [-0.39, 0.29) is 11.7 Å². The monoisotopic (exact) mass is 370 g/mol. The fraction of sp³-hybridized carbons (Fsp3) is 0.300. The minimum atomic E-state index is -0.232. The van der Waals surface area contributed by atoms with Crippen LogP contribution in [-0.4, -0.2) is 32.5 Å². The first-order valence-electron chi connectivity index (χ1n) is 8.63. The number of hydrogen-bond donors (Lipinski definition) is 4. The van der Waals surface area contributed by atoms with Gasteiger partial charge in [-0.3, -0.25) is 10.2 Å². The van der Waals surface area contributed by atoms with Gasteiger partial charge in [0.25, 0.3) is 5.91 Å². The summed E-state index contributed by atoms with van der Waals surface area (Å²) in [5.74, 6) is 0.963. The van der Waals surface area contributed by atoms with Crippen LogP contribution < -0.4 is 25.8 Å². The first-order valence-corrected chi connectivity index (χ1v) is 8.63. The number of amidine groups is 1. The highest BCUT2D eigenvalue weighted by Gasteiger charge is 2.14. The Morgan fingerprint density at radius 1 is 1.11 bits per heavy atom. The van der Waals surface area contributed by atoms with Gasteiger partial charge in [0.15, 0.2) is 0 Å². The molecule has 0 saturated carbocycles. The molecule has 0 radical (unpaired) electrons. The highest BCUT2D eigenvalue weighted by molar-refractivity contribution is 5.96. The number of methoxy groups -OCH3 is 2. The van der Waals surface area contributed by atoms with Crippen molar-refractivity contribution in [1.29, 1.82) is 5.41 Å². The minimum absolute atomic E-state index is 0.00332. The van der Waals surface area contributed by atoms with Gasteiger partial charge in [-0.2, -0.15) is 0 Å². The maximum absolute atomic E-state index is 12.6. The Bertz CT molecular complexity index is 824. The Hall–Kier alpha value is -3.22. The van der Waals surface area contributed by atoms with Crippen LogP contribution in [-0.2, 0) is 6.54 Å². The molecule has 0 aromatic heterocycles. The van der Waals surface area contributed by atoms with E-state index >= 15 is 0 Å². The van der Waals surface area contributed by atoms with E-state index < -0.39 is 0 Å². The van der Waals surface area contributed by atoms with Gasteiger partial charge in [-0.05, 0) is 37.6 Å². The molecule has 0 unspecified atom stereocenters. The van der Waals surface area contributed by atoms with Crippen LogP contribution >= 0.6 is 0 Å². The summed E-state index contributed by atoms with van der Waals surface area (Å²) < 4.78 is 10.7. The number of anilines is 1. The molecule has 2 aromatic carbocycles. The summed E-state index contributed by atoms with van der Waals surface area (Å²) in [5, 5.41) is 13.7. The molecule has 0 saturated heterocycles. The lowest BCUT2D eigenvalue weighted by atomic mass is 10.1. The second-order valence-corrected chi connectivity index (χ2v) is 6.00. The maximum Gasteiger partial charge on any atom is 0.251 e. The second kappa shape index (κ2) is 8.93. The molecule has 27 heavy (non-hydrogen) atoms. The molecule has 1 amide bonds. The van der Waals surface area contributed by atoms with Crippen molar-refractivity contribution in [1.82, 2.24) is 5.32 Å². The van der Waals surface area contributed by atoms with E-state index in [0.717, 1.165) is 16.8 Å². The SMILES string of the molecule is CCNc1cc(C(=N)N)ccc1CNC(=O)c1cc(OC)c(C)c(OC)c1. The highest BCUT2D eigenvalue weighted by atomic mass is 16.5. The number of benzene rings is 2. The van der Waals surface area contributed by atoms with E-state index in [1.807, 2.05) is 26.0 Å². The van der Waals surface area contributed by atoms with E-state index in [1.165, 1.54) is 0 Å². The van der Waals surface area contributed by atoms with Gasteiger partial charge in [0.2, 0.25) is 0 Å². The summed E-state index contributed by atoms with van der Waals surface area (Å²) in [6, 6.07) is 8.81. The van der Waals surface area contributed by atoms with Crippen molar-refractivity contribution in [3.8, 4) is 11.5 Å². The zero-order valence-corrected chi connectivity index (χ0v) is 16.1. The summed E-state index contributed by atoms with van der Waals surface area (Å²) in [6.07, 6.45) is 0. The number of carbonyl (C=O) groups is 1. The number of nitrogen functional groups attached to an aromatic ring is 1. The number of nitrogens with two attached hydrogens (primary N) is 1. The molecule has 2 aromatic rings. The molecule has 7 heteroatoms. The number of ether oxygens (including phenoxy) is 2. The molecule has 0 aliphatic rings. The van der Waals surface area contributed by atoms with E-state index in [9.17, 15) is 4.79 Å². The first-order chi connectivity index (χ1) is 12.9. The zero-order chi connectivity index (χ0) is 20.0. The summed E-state index contributed by atoms with van der Waals surface area (Å²) in [7, 11) is 3.12. The predicted octanol–water partition coefficient (Wildman–Crippen LogP) is 2.66. The van der Waals surface area contributed by atoms with Crippen LogP contribution in [0.1, 0.15) is 34.0 Å². The quantitative estimate of drug-likeness (QED) is 0.422. The van der Waals surface area contributed by atoms with Crippen molar-refractivity contribution in [2.75, 3.05) is 26.1 Å². The van der Waals surface area contributed by atoms with Gasteiger partial charge in [-0.25, -0.2) is 0 Å². The summed E-state index contributed by atoms with van der Waals surface area (Å²) in [5.41, 5.74) is 9.23. The van der Waals surface area contributed by atoms with Crippen LogP contribution in [0.4, 0.5) is 5.69 Å². The number of nitrogens with one attached hydrogen (secondary N) is 3. The Balaban J connectivity index is 2.21. The van der Waals surface area contributed by atoms with E-state index in [1.54, 1.807) is 32.4 Å². The fourth-order valence-corrected chi connectivity index (χ4v) is 2.75. The van der Waals surface area contributed by atoms with Crippen LogP contribution in [0.15, 0.2) is 30.3 Å². The van der Waals surface area contributed by atoms with Gasteiger partial charge in [0.05, 0.1) is 14.2 Å². The molecule has 0 heterocycles. The highest BCUT2D eigenvalue weighted by Crippen LogP contribution is 2.29. The van der Waals surface area contributed by atoms with E-state index in [4.69, 9.17) is 20.6 Å². The molecule has 0 aliphatic heterocycles. The summed E-state index contributed by atoms with van der Waals surface area (Å²) in [4.78, 5) is 12.6. The normalized spacial score (nSPS) is 10.2. The van der Waals surface area contributed by atoms with Crippen LogP contribution in [0.3, 0.4) is 0 Å². The molecule has 7 nitrogen and oxygen atoms in total. The van der Waals surface area contributed by atoms with Crippen molar-refractivity contribution in [3.05, 3.63) is 52.6 Å². The van der Waals surface area contributed by atoms with Crippen molar-refractivity contribution in [2.24, 2.45) is 5.73 Å². The molecule has 144 valence electrons. The predicted molar refractivity (Wildman–Crippen MR) is 107 cm³/mol. The first kappa shape index (κ1) is 20.1. The van der Waals surface area contributed by atoms with Crippen molar-refractivity contribution < 1.29 is 14.3 Å².